The maximum atomic E-state index is 12.8. The van der Waals surface area contributed by atoms with Gasteiger partial charge < -0.3 is 19.3 Å². The Morgan fingerprint density at radius 1 is 1.11 bits per heavy atom. The topological polar surface area (TPSA) is 82.1 Å². The third-order valence-corrected chi connectivity index (χ3v) is 5.78. The molecule has 1 N–H and O–H groups in total. The van der Waals surface area contributed by atoms with Crippen LogP contribution in [0.2, 0.25) is 0 Å². The maximum Gasteiger partial charge on any atom is 0.516 e. The fourth-order valence-electron chi connectivity index (χ4n) is 4.02. The molecule has 1 aromatic carbocycles. The van der Waals surface area contributed by atoms with Crippen LogP contribution in [0.1, 0.15) is 78.2 Å². The first-order valence-electron chi connectivity index (χ1n) is 13.3. The zero-order chi connectivity index (χ0) is 28.6. The van der Waals surface area contributed by atoms with Gasteiger partial charge in [0.2, 0.25) is 0 Å². The lowest BCUT2D eigenvalue weighted by Crippen LogP contribution is -2.17. The molecule has 1 saturated carbocycles. The Kier molecular flexibility index (Phi) is 15.4. The number of esters is 1. The highest BCUT2D eigenvalue weighted by Gasteiger charge is 2.32. The van der Waals surface area contributed by atoms with Crippen LogP contribution in [0.4, 0.5) is 18.0 Å². The van der Waals surface area contributed by atoms with E-state index in [0.29, 0.717) is 25.7 Å². The van der Waals surface area contributed by atoms with Crippen LogP contribution in [-0.4, -0.2) is 36.0 Å². The van der Waals surface area contributed by atoms with E-state index in [2.05, 4.69) is 4.74 Å². The third-order valence-electron chi connectivity index (χ3n) is 5.78. The molecule has 1 fully saturated rings. The van der Waals surface area contributed by atoms with Crippen molar-refractivity contribution in [3.05, 3.63) is 54.1 Å². The van der Waals surface area contributed by atoms with Gasteiger partial charge in [0.1, 0.15) is 5.75 Å². The number of allylic oxidation sites excluding steroid dienone is 2. The molecule has 3 atom stereocenters. The van der Waals surface area contributed by atoms with Crippen LogP contribution in [0.5, 0.6) is 5.75 Å². The molecule has 38 heavy (non-hydrogen) atoms. The molecule has 1 aliphatic rings. The monoisotopic (exact) mass is 542 g/mol. The molecule has 0 radical (unpaired) electrons. The Hall–Kier alpha value is -2.81. The lowest BCUT2D eigenvalue weighted by Gasteiger charge is -2.17. The van der Waals surface area contributed by atoms with Gasteiger partial charge in [-0.2, -0.15) is 13.2 Å². The largest absolute Gasteiger partial charge is 0.516 e. The summed E-state index contributed by atoms with van der Waals surface area (Å²) < 4.78 is 53.1. The number of carbonyl (C=O) groups is 2. The first-order chi connectivity index (χ1) is 18.1. The van der Waals surface area contributed by atoms with Gasteiger partial charge in [0, 0.05) is 12.3 Å². The predicted molar refractivity (Wildman–Crippen MR) is 140 cm³/mol. The van der Waals surface area contributed by atoms with E-state index in [1.54, 1.807) is 13.8 Å². The average molecular weight is 543 g/mol. The zero-order valence-electron chi connectivity index (χ0n) is 22.7. The fourth-order valence-corrected chi connectivity index (χ4v) is 4.02. The quantitative estimate of drug-likeness (QED) is 0.126. The van der Waals surface area contributed by atoms with Crippen molar-refractivity contribution < 1.29 is 42.1 Å². The normalized spacial score (nSPS) is 19.4. The molecule has 0 heterocycles. The number of carbonyl (C=O) groups excluding carboxylic acids is 2. The van der Waals surface area contributed by atoms with Gasteiger partial charge in [0.05, 0.1) is 24.4 Å². The van der Waals surface area contributed by atoms with Gasteiger partial charge in [-0.15, -0.1) is 0 Å². The molecular formula is C29H41F3O6. The van der Waals surface area contributed by atoms with Crippen molar-refractivity contribution in [2.45, 2.75) is 91.0 Å². The molecule has 1 aliphatic carbocycles. The van der Waals surface area contributed by atoms with Gasteiger partial charge in [-0.3, -0.25) is 4.79 Å². The second-order valence-electron chi connectivity index (χ2n) is 9.06. The summed E-state index contributed by atoms with van der Waals surface area (Å²) in [5, 5.41) is 10.3. The molecular weight excluding hydrogens is 501 g/mol. The van der Waals surface area contributed by atoms with Crippen molar-refractivity contribution in [2.75, 3.05) is 6.61 Å². The molecule has 0 saturated heterocycles. The summed E-state index contributed by atoms with van der Waals surface area (Å²) in [6, 6.07) is 4.79. The smallest absolute Gasteiger partial charge is 0.493 e. The van der Waals surface area contributed by atoms with Crippen LogP contribution in [0, 0.1) is 11.8 Å². The highest BCUT2D eigenvalue weighted by atomic mass is 19.4. The number of aliphatic hydroxyl groups excluding tert-OH is 1. The first kappa shape index (κ1) is 33.2. The number of benzene rings is 1. The Labute approximate surface area is 223 Å². The Morgan fingerprint density at radius 3 is 2.53 bits per heavy atom. The Morgan fingerprint density at radius 2 is 1.84 bits per heavy atom. The minimum absolute atomic E-state index is 0.00477. The van der Waals surface area contributed by atoms with Crippen LogP contribution >= 0.6 is 0 Å². The van der Waals surface area contributed by atoms with E-state index in [1.807, 2.05) is 38.2 Å². The molecule has 1 unspecified atom stereocenters. The predicted octanol–water partition coefficient (Wildman–Crippen LogP) is 7.65. The summed E-state index contributed by atoms with van der Waals surface area (Å²) in [6.45, 7) is 7.57. The lowest BCUT2D eigenvalue weighted by molar-refractivity contribution is -0.140. The van der Waals surface area contributed by atoms with Crippen LogP contribution in [-0.2, 0) is 20.4 Å². The van der Waals surface area contributed by atoms with E-state index in [9.17, 15) is 27.9 Å². The standard InChI is InChI=1S/C27H35F3O6.C2H6/c1-19(2)35-26(33)36-25(32)14-6-4-3-5-10-20-15-16-24(31)23(20)13-7-8-17-34-22-12-9-11-21(18-22)27(28,29)30;1-2/h3,5,7,9,11-13,18-20,23-24,31H,4,6,8,10,14-17H2,1-2H3;1-2H3/b5-3-,13-7+;/t20-,23?,24+;/m0./s1. The van der Waals surface area contributed by atoms with Gasteiger partial charge in [0.15, 0.2) is 0 Å². The van der Waals surface area contributed by atoms with Gasteiger partial charge in [-0.1, -0.05) is 44.2 Å². The molecule has 9 heteroatoms. The highest BCUT2D eigenvalue weighted by molar-refractivity contribution is 5.81. The molecule has 0 aliphatic heterocycles. The number of halogens is 3. The number of unbranched alkanes of at least 4 members (excludes halogenated alkanes) is 1. The van der Waals surface area contributed by atoms with Crippen molar-refractivity contribution in [1.82, 2.24) is 0 Å². The second-order valence-corrected chi connectivity index (χ2v) is 9.06. The van der Waals surface area contributed by atoms with Gasteiger partial charge in [0.25, 0.3) is 0 Å². The van der Waals surface area contributed by atoms with Crippen molar-refractivity contribution in [3.8, 4) is 5.75 Å². The molecule has 214 valence electrons. The van der Waals surface area contributed by atoms with Crippen molar-refractivity contribution >= 4 is 12.1 Å². The van der Waals surface area contributed by atoms with Crippen LogP contribution in [0.3, 0.4) is 0 Å². The second kappa shape index (κ2) is 17.7. The summed E-state index contributed by atoms with van der Waals surface area (Å²) >= 11 is 0. The van der Waals surface area contributed by atoms with Crippen molar-refractivity contribution in [3.63, 3.8) is 0 Å². The maximum absolute atomic E-state index is 12.8. The summed E-state index contributed by atoms with van der Waals surface area (Å²) in [4.78, 5) is 22.9. The number of hydrogen-bond donors (Lipinski definition) is 1. The number of alkyl halides is 3. The summed E-state index contributed by atoms with van der Waals surface area (Å²) in [5.41, 5.74) is -0.744. The number of rotatable bonds is 12. The molecule has 0 spiro atoms. The summed E-state index contributed by atoms with van der Waals surface area (Å²) in [5.74, 6) is -0.154. The fraction of sp³-hybridized carbons (Fsp3) is 0.586. The first-order valence-corrected chi connectivity index (χ1v) is 13.3. The average Bonchev–Trinajstić information content (AvgIpc) is 3.20. The lowest BCUT2D eigenvalue weighted by atomic mass is 9.91. The van der Waals surface area contributed by atoms with Gasteiger partial charge >= 0.3 is 18.3 Å². The summed E-state index contributed by atoms with van der Waals surface area (Å²) in [6.07, 6.45) is 5.98. The number of ether oxygens (including phenoxy) is 3. The molecule has 0 aromatic heterocycles. The Bertz CT molecular complexity index is 895. The number of aliphatic hydroxyl groups is 1. The highest BCUT2D eigenvalue weighted by Crippen LogP contribution is 2.36. The van der Waals surface area contributed by atoms with Crippen molar-refractivity contribution in [2.24, 2.45) is 11.8 Å². The number of hydrogen-bond acceptors (Lipinski definition) is 6. The van der Waals surface area contributed by atoms with E-state index < -0.39 is 30.0 Å². The minimum atomic E-state index is -4.41. The molecule has 2 rings (SSSR count). The van der Waals surface area contributed by atoms with Crippen LogP contribution < -0.4 is 4.74 Å². The molecule has 1 aromatic rings. The molecule has 6 nitrogen and oxygen atoms in total. The van der Waals surface area contributed by atoms with Crippen molar-refractivity contribution in [1.29, 1.82) is 0 Å². The van der Waals surface area contributed by atoms with Gasteiger partial charge in [-0.05, 0) is 76.5 Å². The van der Waals surface area contributed by atoms with Crippen LogP contribution in [0.15, 0.2) is 48.6 Å². The van der Waals surface area contributed by atoms with Crippen LogP contribution in [0.25, 0.3) is 0 Å². The zero-order valence-corrected chi connectivity index (χ0v) is 22.7. The van der Waals surface area contributed by atoms with E-state index >= 15 is 0 Å². The molecule has 0 bridgehead atoms. The van der Waals surface area contributed by atoms with E-state index in [0.717, 1.165) is 25.0 Å². The van der Waals surface area contributed by atoms with E-state index in [1.165, 1.54) is 12.1 Å². The SMILES string of the molecule is CC.CC(C)OC(=O)OC(=O)CCC/C=C\C[C@H]1CC[C@@H](O)C1/C=C/CCOc1cccc(C(F)(F)F)c1. The van der Waals surface area contributed by atoms with E-state index in [-0.39, 0.29) is 36.7 Å². The molecule has 0 amide bonds. The van der Waals surface area contributed by atoms with E-state index in [4.69, 9.17) is 9.47 Å². The third kappa shape index (κ3) is 13.1. The summed E-state index contributed by atoms with van der Waals surface area (Å²) in [7, 11) is 0. The van der Waals surface area contributed by atoms with Gasteiger partial charge in [-0.25, -0.2) is 4.79 Å². The Balaban J connectivity index is 0.00000352. The minimum Gasteiger partial charge on any atom is -0.493 e.